The molecule has 0 atom stereocenters. The summed E-state index contributed by atoms with van der Waals surface area (Å²) >= 11 is 0. The number of carbonyl (C=O) groups is 1. The molecule has 3 N–H and O–H groups in total. The number of carbonyl (C=O) groups excluding carboxylic acids is 1. The highest BCUT2D eigenvalue weighted by molar-refractivity contribution is 7.93. The predicted molar refractivity (Wildman–Crippen MR) is 128 cm³/mol. The van der Waals surface area contributed by atoms with Crippen molar-refractivity contribution in [3.63, 3.8) is 0 Å². The van der Waals surface area contributed by atoms with Crippen LogP contribution >= 0.6 is 0 Å². The third-order valence-electron chi connectivity index (χ3n) is 4.81. The van der Waals surface area contributed by atoms with Crippen LogP contribution in [0.1, 0.15) is 34.1 Å². The Morgan fingerprint density at radius 1 is 0.871 bits per heavy atom. The molecule has 3 aromatic rings. The second-order valence-corrected chi connectivity index (χ2v) is 10.1. The lowest BCUT2D eigenvalue weighted by Crippen LogP contribution is -2.27. The summed E-state index contributed by atoms with van der Waals surface area (Å²) in [6.45, 7) is 8.39. The summed E-state index contributed by atoms with van der Waals surface area (Å²) in [5.74, 6) is -0.107. The van der Waals surface area contributed by atoms with Crippen molar-refractivity contribution in [2.24, 2.45) is 5.41 Å². The molecule has 3 aromatic carbocycles. The van der Waals surface area contributed by atoms with Gasteiger partial charge >= 0.3 is 0 Å². The molecule has 0 aliphatic carbocycles. The summed E-state index contributed by atoms with van der Waals surface area (Å²) in [5.41, 5.74) is 1.43. The Labute approximate surface area is 184 Å². The average Bonchev–Trinajstić information content (AvgIpc) is 2.72. The highest BCUT2D eigenvalue weighted by Crippen LogP contribution is 2.30. The van der Waals surface area contributed by atoms with Crippen LogP contribution in [0.2, 0.25) is 0 Å². The third-order valence-corrected chi connectivity index (χ3v) is 6.25. The number of hydrogen-bond donors (Lipinski definition) is 3. The fraction of sp³-hybridized carbons (Fsp3) is 0.292. The van der Waals surface area contributed by atoms with E-state index < -0.39 is 15.4 Å². The molecular weight excluding hydrogens is 410 g/mol. The second-order valence-electron chi connectivity index (χ2n) is 8.47. The second kappa shape index (κ2) is 8.98. The van der Waals surface area contributed by atoms with Gasteiger partial charge in [0.1, 0.15) is 0 Å². The van der Waals surface area contributed by atoms with Crippen LogP contribution < -0.4 is 15.4 Å². The number of amides is 1. The zero-order valence-corrected chi connectivity index (χ0v) is 19.1. The minimum absolute atomic E-state index is 0.107. The van der Waals surface area contributed by atoms with Crippen LogP contribution in [0.15, 0.2) is 65.6 Å². The molecule has 0 spiro atoms. The van der Waals surface area contributed by atoms with Gasteiger partial charge in [0.25, 0.3) is 10.0 Å². The molecule has 31 heavy (non-hydrogen) atoms. The fourth-order valence-corrected chi connectivity index (χ4v) is 4.36. The zero-order valence-electron chi connectivity index (χ0n) is 18.3. The summed E-state index contributed by atoms with van der Waals surface area (Å²) in [4.78, 5) is 12.3. The van der Waals surface area contributed by atoms with Crippen LogP contribution in [-0.4, -0.2) is 20.9 Å². The molecule has 0 aliphatic rings. The number of hydrogen-bond acceptors (Lipinski definition) is 4. The lowest BCUT2D eigenvalue weighted by Gasteiger charge is -2.18. The standard InChI is InChI=1S/C24H29N3O3S/c1-5-16-25-21-10-6-9-20-19(21)8-7-11-22(20)31(29,30)27-18-14-12-17(13-15-18)26-23(28)24(2,3)4/h6-15,25,27H,5,16H2,1-4H3,(H,26,28). The van der Waals surface area contributed by atoms with E-state index >= 15 is 0 Å². The van der Waals surface area contributed by atoms with E-state index in [2.05, 4.69) is 22.3 Å². The molecule has 0 fully saturated rings. The first-order valence-corrected chi connectivity index (χ1v) is 11.8. The molecule has 0 saturated carbocycles. The average molecular weight is 440 g/mol. The van der Waals surface area contributed by atoms with Crippen LogP contribution in [0.25, 0.3) is 10.8 Å². The Morgan fingerprint density at radius 3 is 2.13 bits per heavy atom. The molecule has 0 unspecified atom stereocenters. The maximum Gasteiger partial charge on any atom is 0.262 e. The highest BCUT2D eigenvalue weighted by atomic mass is 32.2. The number of rotatable bonds is 7. The predicted octanol–water partition coefficient (Wildman–Crippen LogP) is 5.45. The molecule has 0 aromatic heterocycles. The normalized spacial score (nSPS) is 11.9. The molecule has 0 heterocycles. The monoisotopic (exact) mass is 439 g/mol. The lowest BCUT2D eigenvalue weighted by atomic mass is 9.95. The van der Waals surface area contributed by atoms with Gasteiger partial charge in [-0.3, -0.25) is 9.52 Å². The maximum atomic E-state index is 13.1. The van der Waals surface area contributed by atoms with Gasteiger partial charge in [-0.25, -0.2) is 8.42 Å². The summed E-state index contributed by atoms with van der Waals surface area (Å²) < 4.78 is 28.9. The molecule has 0 radical (unpaired) electrons. The Bertz CT molecular complexity index is 1180. The molecule has 0 bridgehead atoms. The minimum atomic E-state index is -3.80. The molecule has 6 nitrogen and oxygen atoms in total. The lowest BCUT2D eigenvalue weighted by molar-refractivity contribution is -0.123. The summed E-state index contributed by atoms with van der Waals surface area (Å²) in [7, 11) is -3.80. The number of sulfonamides is 1. The van der Waals surface area contributed by atoms with Crippen molar-refractivity contribution in [3.8, 4) is 0 Å². The van der Waals surface area contributed by atoms with E-state index in [1.807, 2.05) is 45.0 Å². The first kappa shape index (κ1) is 22.6. The number of nitrogens with one attached hydrogen (secondary N) is 3. The molecule has 3 rings (SSSR count). The van der Waals surface area contributed by atoms with Crippen LogP contribution in [0.4, 0.5) is 17.1 Å². The third kappa shape index (κ3) is 5.35. The van der Waals surface area contributed by atoms with Gasteiger partial charge in [-0.05, 0) is 42.8 Å². The van der Waals surface area contributed by atoms with E-state index in [0.717, 1.165) is 24.0 Å². The Morgan fingerprint density at radius 2 is 1.48 bits per heavy atom. The number of fused-ring (bicyclic) bond motifs is 1. The first-order valence-electron chi connectivity index (χ1n) is 10.3. The van der Waals surface area contributed by atoms with Crippen molar-refractivity contribution in [1.82, 2.24) is 0 Å². The van der Waals surface area contributed by atoms with Crippen LogP contribution in [0.3, 0.4) is 0 Å². The van der Waals surface area contributed by atoms with Gasteiger partial charge in [0, 0.05) is 39.8 Å². The van der Waals surface area contributed by atoms with Crippen LogP contribution in [0, 0.1) is 5.41 Å². The topological polar surface area (TPSA) is 87.3 Å². The van der Waals surface area contributed by atoms with Crippen molar-refractivity contribution >= 4 is 43.8 Å². The van der Waals surface area contributed by atoms with E-state index in [-0.39, 0.29) is 10.8 Å². The van der Waals surface area contributed by atoms with Gasteiger partial charge in [-0.1, -0.05) is 52.0 Å². The van der Waals surface area contributed by atoms with E-state index in [1.165, 1.54) is 0 Å². The van der Waals surface area contributed by atoms with Crippen molar-refractivity contribution in [1.29, 1.82) is 0 Å². The van der Waals surface area contributed by atoms with Crippen molar-refractivity contribution < 1.29 is 13.2 Å². The molecule has 7 heteroatoms. The van der Waals surface area contributed by atoms with Crippen LogP contribution in [-0.2, 0) is 14.8 Å². The van der Waals surface area contributed by atoms with Crippen molar-refractivity contribution in [3.05, 3.63) is 60.7 Å². The number of benzene rings is 3. The number of anilines is 3. The highest BCUT2D eigenvalue weighted by Gasteiger charge is 2.21. The Balaban J connectivity index is 1.86. The molecule has 0 aliphatic heterocycles. The van der Waals surface area contributed by atoms with Gasteiger partial charge < -0.3 is 10.6 Å². The van der Waals surface area contributed by atoms with Gasteiger partial charge in [0.05, 0.1) is 4.90 Å². The van der Waals surface area contributed by atoms with Gasteiger partial charge in [-0.2, -0.15) is 0 Å². The van der Waals surface area contributed by atoms with Gasteiger partial charge in [0.2, 0.25) is 5.91 Å². The van der Waals surface area contributed by atoms with E-state index in [0.29, 0.717) is 16.8 Å². The Hall–Kier alpha value is -3.06. The van der Waals surface area contributed by atoms with Crippen molar-refractivity contribution in [2.75, 3.05) is 21.9 Å². The quantitative estimate of drug-likeness (QED) is 0.457. The molecule has 164 valence electrons. The zero-order chi connectivity index (χ0) is 22.6. The first-order chi connectivity index (χ1) is 14.6. The van der Waals surface area contributed by atoms with Crippen LogP contribution in [0.5, 0.6) is 0 Å². The van der Waals surface area contributed by atoms with E-state index in [4.69, 9.17) is 0 Å². The summed E-state index contributed by atoms with van der Waals surface area (Å²) in [6.07, 6.45) is 0.974. The SMILES string of the molecule is CCCNc1cccc2c(S(=O)(=O)Nc3ccc(NC(=O)C(C)(C)C)cc3)cccc12. The minimum Gasteiger partial charge on any atom is -0.385 e. The van der Waals surface area contributed by atoms with E-state index in [1.54, 1.807) is 36.4 Å². The summed E-state index contributed by atoms with van der Waals surface area (Å²) in [5, 5.41) is 7.69. The van der Waals surface area contributed by atoms with Gasteiger partial charge in [-0.15, -0.1) is 0 Å². The summed E-state index contributed by atoms with van der Waals surface area (Å²) in [6, 6.07) is 17.5. The molecule has 0 saturated heterocycles. The maximum absolute atomic E-state index is 13.1. The van der Waals surface area contributed by atoms with Crippen molar-refractivity contribution in [2.45, 2.75) is 39.0 Å². The van der Waals surface area contributed by atoms with E-state index in [9.17, 15) is 13.2 Å². The van der Waals surface area contributed by atoms with Gasteiger partial charge in [0.15, 0.2) is 0 Å². The largest absolute Gasteiger partial charge is 0.385 e. The molecule has 1 amide bonds. The Kier molecular flexibility index (Phi) is 6.55. The fourth-order valence-electron chi connectivity index (χ4n) is 3.08. The molecular formula is C24H29N3O3S. The smallest absolute Gasteiger partial charge is 0.262 e.